The Morgan fingerprint density at radius 2 is 2.26 bits per heavy atom. The molecule has 0 aliphatic heterocycles. The van der Waals surface area contributed by atoms with Gasteiger partial charge in [-0.15, -0.1) is 18.3 Å². The molecule has 0 aliphatic carbocycles. The van der Waals surface area contributed by atoms with Crippen molar-refractivity contribution in [2.75, 3.05) is 5.75 Å². The third-order valence-electron chi connectivity index (χ3n) is 2.66. The van der Waals surface area contributed by atoms with E-state index in [1.165, 1.54) is 0 Å². The molecular weight excluding hydrogens is 299 g/mol. The van der Waals surface area contributed by atoms with Gasteiger partial charge in [-0.25, -0.2) is 4.98 Å². The van der Waals surface area contributed by atoms with E-state index in [0.717, 1.165) is 17.9 Å². The Morgan fingerprint density at radius 3 is 2.89 bits per heavy atom. The summed E-state index contributed by atoms with van der Waals surface area (Å²) in [5.41, 5.74) is 1.09. The predicted octanol–water partition coefficient (Wildman–Crippen LogP) is 4.85. The van der Waals surface area contributed by atoms with Crippen LogP contribution in [0.2, 0.25) is 10.0 Å². The largest absolute Gasteiger partial charge is 0.336 e. The van der Waals surface area contributed by atoms with E-state index in [9.17, 15) is 0 Å². The van der Waals surface area contributed by atoms with E-state index in [2.05, 4.69) is 11.6 Å². The van der Waals surface area contributed by atoms with Crippen LogP contribution in [0.4, 0.5) is 0 Å². The van der Waals surface area contributed by atoms with Crippen molar-refractivity contribution < 1.29 is 0 Å². The first-order chi connectivity index (χ1) is 9.20. The van der Waals surface area contributed by atoms with Crippen molar-refractivity contribution in [1.29, 1.82) is 0 Å². The van der Waals surface area contributed by atoms with Crippen molar-refractivity contribution in [2.45, 2.75) is 11.8 Å². The fraction of sp³-hybridized carbons (Fsp3) is 0.214. The molecule has 2 nitrogen and oxygen atoms in total. The highest BCUT2D eigenvalue weighted by atomic mass is 35.5. The molecule has 0 aliphatic rings. The van der Waals surface area contributed by atoms with Crippen LogP contribution in [0.3, 0.4) is 0 Å². The van der Waals surface area contributed by atoms with Crippen LogP contribution in [0.25, 0.3) is 0 Å². The van der Waals surface area contributed by atoms with Gasteiger partial charge in [-0.3, -0.25) is 0 Å². The van der Waals surface area contributed by atoms with Crippen molar-refractivity contribution in [3.63, 3.8) is 0 Å². The number of imidazole rings is 1. The molecule has 0 amide bonds. The van der Waals surface area contributed by atoms with Gasteiger partial charge in [-0.1, -0.05) is 35.3 Å². The Balaban J connectivity index is 2.22. The summed E-state index contributed by atoms with van der Waals surface area (Å²) in [5.74, 6) is 0.873. The summed E-state index contributed by atoms with van der Waals surface area (Å²) in [6.45, 7) is 4.59. The first kappa shape index (κ1) is 14.5. The fourth-order valence-corrected chi connectivity index (χ4v) is 3.41. The molecule has 0 bridgehead atoms. The zero-order valence-electron chi connectivity index (χ0n) is 10.3. The Morgan fingerprint density at radius 1 is 1.42 bits per heavy atom. The molecule has 0 saturated heterocycles. The molecule has 2 aromatic rings. The molecule has 2 rings (SSSR count). The van der Waals surface area contributed by atoms with Gasteiger partial charge in [-0.05, 0) is 17.7 Å². The number of hydrogen-bond donors (Lipinski definition) is 0. The maximum Gasteiger partial charge on any atom is 0.0946 e. The zero-order chi connectivity index (χ0) is 13.7. The van der Waals surface area contributed by atoms with Crippen LogP contribution in [0.1, 0.15) is 10.8 Å². The van der Waals surface area contributed by atoms with Crippen LogP contribution in [0.5, 0.6) is 0 Å². The van der Waals surface area contributed by atoms with Crippen molar-refractivity contribution in [1.82, 2.24) is 9.55 Å². The summed E-state index contributed by atoms with van der Waals surface area (Å²) in [4.78, 5) is 4.07. The lowest BCUT2D eigenvalue weighted by molar-refractivity contribution is 0.684. The monoisotopic (exact) mass is 312 g/mol. The molecule has 1 unspecified atom stereocenters. The van der Waals surface area contributed by atoms with Gasteiger partial charge >= 0.3 is 0 Å². The minimum absolute atomic E-state index is 0.247. The van der Waals surface area contributed by atoms with Crippen LogP contribution >= 0.6 is 35.0 Å². The molecule has 0 spiro atoms. The number of aromatic nitrogens is 2. The molecule has 0 fully saturated rings. The van der Waals surface area contributed by atoms with Crippen molar-refractivity contribution >= 4 is 35.0 Å². The minimum Gasteiger partial charge on any atom is -0.336 e. The van der Waals surface area contributed by atoms with Crippen molar-refractivity contribution in [3.8, 4) is 0 Å². The quantitative estimate of drug-likeness (QED) is 0.709. The zero-order valence-corrected chi connectivity index (χ0v) is 12.6. The third-order valence-corrected chi connectivity index (χ3v) is 4.46. The summed E-state index contributed by atoms with van der Waals surface area (Å²) in [7, 11) is 0. The van der Waals surface area contributed by atoms with Gasteiger partial charge < -0.3 is 4.57 Å². The molecule has 1 heterocycles. The lowest BCUT2D eigenvalue weighted by Gasteiger charge is -2.18. The predicted molar refractivity (Wildman–Crippen MR) is 84.1 cm³/mol. The molecule has 5 heteroatoms. The van der Waals surface area contributed by atoms with Gasteiger partial charge in [-0.2, -0.15) is 0 Å². The second kappa shape index (κ2) is 7.04. The van der Waals surface area contributed by atoms with E-state index in [0.29, 0.717) is 10.0 Å². The topological polar surface area (TPSA) is 17.8 Å². The third kappa shape index (κ3) is 4.03. The standard InChI is InChI=1S/C14H14Cl2N2S/c1-2-7-19-14(9-18-6-5-17-10-18)12-4-3-11(15)8-13(12)16/h2-6,8,10,14H,1,7,9H2. The molecule has 1 aromatic carbocycles. The van der Waals surface area contributed by atoms with Gasteiger partial charge in [0.05, 0.1) is 6.33 Å². The Hall–Kier alpha value is -0.900. The minimum atomic E-state index is 0.247. The highest BCUT2D eigenvalue weighted by molar-refractivity contribution is 7.99. The molecule has 0 saturated carbocycles. The van der Waals surface area contributed by atoms with E-state index in [1.54, 1.807) is 24.0 Å². The summed E-state index contributed by atoms with van der Waals surface area (Å²) < 4.78 is 2.05. The number of thioether (sulfide) groups is 1. The molecule has 1 atom stereocenters. The van der Waals surface area contributed by atoms with Crippen molar-refractivity contribution in [2.24, 2.45) is 0 Å². The fourth-order valence-electron chi connectivity index (χ4n) is 1.77. The van der Waals surface area contributed by atoms with Crippen molar-refractivity contribution in [3.05, 3.63) is 65.2 Å². The Kier molecular flexibility index (Phi) is 5.37. The van der Waals surface area contributed by atoms with Gasteiger partial charge in [0.1, 0.15) is 0 Å². The Bertz CT molecular complexity index is 540. The van der Waals surface area contributed by atoms with Crippen LogP contribution in [-0.4, -0.2) is 15.3 Å². The molecule has 19 heavy (non-hydrogen) atoms. The Labute approximate surface area is 127 Å². The number of hydrogen-bond acceptors (Lipinski definition) is 2. The highest BCUT2D eigenvalue weighted by Gasteiger charge is 2.15. The van der Waals surface area contributed by atoms with Crippen LogP contribution in [0.15, 0.2) is 49.6 Å². The van der Waals surface area contributed by atoms with Crippen LogP contribution in [0, 0.1) is 0 Å². The molecule has 0 N–H and O–H groups in total. The second-order valence-corrected chi connectivity index (χ2v) is 6.12. The first-order valence-corrected chi connectivity index (χ1v) is 7.64. The van der Waals surface area contributed by atoms with E-state index in [1.807, 2.05) is 35.3 Å². The molecule has 1 aromatic heterocycles. The van der Waals surface area contributed by atoms with Crippen LogP contribution < -0.4 is 0 Å². The van der Waals surface area contributed by atoms with E-state index in [4.69, 9.17) is 23.2 Å². The van der Waals surface area contributed by atoms with Gasteiger partial charge in [0.25, 0.3) is 0 Å². The maximum absolute atomic E-state index is 6.29. The number of benzene rings is 1. The normalized spacial score (nSPS) is 12.3. The van der Waals surface area contributed by atoms with Gasteiger partial charge in [0.15, 0.2) is 0 Å². The summed E-state index contributed by atoms with van der Waals surface area (Å²) in [5, 5.41) is 1.61. The van der Waals surface area contributed by atoms with E-state index >= 15 is 0 Å². The molecular formula is C14H14Cl2N2S. The maximum atomic E-state index is 6.29. The summed E-state index contributed by atoms with van der Waals surface area (Å²) in [6, 6.07) is 5.65. The average Bonchev–Trinajstić information content (AvgIpc) is 2.88. The number of halogens is 2. The molecule has 100 valence electrons. The average molecular weight is 313 g/mol. The smallest absolute Gasteiger partial charge is 0.0946 e. The van der Waals surface area contributed by atoms with Gasteiger partial charge in [0.2, 0.25) is 0 Å². The summed E-state index contributed by atoms with van der Waals surface area (Å²) >= 11 is 14.0. The van der Waals surface area contributed by atoms with Crippen LogP contribution in [-0.2, 0) is 6.54 Å². The van der Waals surface area contributed by atoms with E-state index < -0.39 is 0 Å². The van der Waals surface area contributed by atoms with Gasteiger partial charge in [0, 0.05) is 40.0 Å². The lowest BCUT2D eigenvalue weighted by atomic mass is 10.1. The lowest BCUT2D eigenvalue weighted by Crippen LogP contribution is -2.06. The summed E-state index contributed by atoms with van der Waals surface area (Å²) in [6.07, 6.45) is 7.44. The second-order valence-electron chi connectivity index (χ2n) is 4.04. The number of nitrogens with zero attached hydrogens (tertiary/aromatic N) is 2. The SMILES string of the molecule is C=CCSC(Cn1ccnc1)c1ccc(Cl)cc1Cl. The highest BCUT2D eigenvalue weighted by Crippen LogP contribution is 2.36. The molecule has 0 radical (unpaired) electrons. The van der Waals surface area contributed by atoms with E-state index in [-0.39, 0.29) is 5.25 Å². The first-order valence-electron chi connectivity index (χ1n) is 5.84. The number of rotatable bonds is 6.